The Morgan fingerprint density at radius 3 is 2.58 bits per heavy atom. The summed E-state index contributed by atoms with van der Waals surface area (Å²) in [5, 5.41) is 9.23. The zero-order valence-electron chi connectivity index (χ0n) is 12.1. The van der Waals surface area contributed by atoms with Gasteiger partial charge in [0.25, 0.3) is 0 Å². The average molecular weight is 259 g/mol. The van der Waals surface area contributed by atoms with Crippen LogP contribution < -0.4 is 4.90 Å². The molecule has 0 aliphatic carbocycles. The molecule has 0 fully saturated rings. The normalized spacial score (nSPS) is 9.84. The van der Waals surface area contributed by atoms with Crippen LogP contribution in [0.2, 0.25) is 0 Å². The molecule has 102 valence electrons. The van der Waals surface area contributed by atoms with Gasteiger partial charge in [-0.1, -0.05) is 13.0 Å². The second-order valence-electron chi connectivity index (χ2n) is 4.84. The van der Waals surface area contributed by atoms with Gasteiger partial charge in [0, 0.05) is 20.6 Å². The average Bonchev–Trinajstić information content (AvgIpc) is 2.37. The molecule has 1 amide bonds. The summed E-state index contributed by atoms with van der Waals surface area (Å²) in [6.45, 7) is 5.09. The second kappa shape index (κ2) is 6.79. The molecule has 0 aromatic heterocycles. The molecule has 0 N–H and O–H groups in total. The molecule has 0 spiro atoms. The van der Waals surface area contributed by atoms with Crippen LogP contribution >= 0.6 is 0 Å². The van der Waals surface area contributed by atoms with Crippen LogP contribution in [0.15, 0.2) is 18.2 Å². The third kappa shape index (κ3) is 3.99. The van der Waals surface area contributed by atoms with Crippen LogP contribution in [-0.2, 0) is 4.79 Å². The standard InChI is InChI=1S/C15H21N3O/c1-5-8-18(11-15(19)17(3)4)14-7-6-12(2)9-13(14)10-16/h6-7,9H,5,8,11H2,1-4H3. The van der Waals surface area contributed by atoms with E-state index in [4.69, 9.17) is 0 Å². The van der Waals surface area contributed by atoms with Gasteiger partial charge in [0.05, 0.1) is 17.8 Å². The Labute approximate surface area is 115 Å². The molecule has 0 aliphatic heterocycles. The van der Waals surface area contributed by atoms with Gasteiger partial charge in [-0.25, -0.2) is 0 Å². The second-order valence-corrected chi connectivity index (χ2v) is 4.84. The monoisotopic (exact) mass is 259 g/mol. The summed E-state index contributed by atoms with van der Waals surface area (Å²) in [6, 6.07) is 7.96. The van der Waals surface area contributed by atoms with Gasteiger partial charge in [-0.2, -0.15) is 5.26 Å². The van der Waals surface area contributed by atoms with Crippen LogP contribution in [0.4, 0.5) is 5.69 Å². The van der Waals surface area contributed by atoms with Gasteiger partial charge in [0.1, 0.15) is 6.07 Å². The number of anilines is 1. The molecular formula is C15H21N3O. The van der Waals surface area contributed by atoms with Crippen molar-refractivity contribution in [2.24, 2.45) is 0 Å². The van der Waals surface area contributed by atoms with Gasteiger partial charge in [0.2, 0.25) is 5.91 Å². The molecule has 1 aromatic carbocycles. The number of nitriles is 1. The summed E-state index contributed by atoms with van der Waals surface area (Å²) in [4.78, 5) is 15.4. The maximum absolute atomic E-state index is 11.9. The topological polar surface area (TPSA) is 47.3 Å². The Kier molecular flexibility index (Phi) is 5.37. The first kappa shape index (κ1) is 15.0. The van der Waals surface area contributed by atoms with Crippen LogP contribution in [0.1, 0.15) is 24.5 Å². The molecule has 0 saturated carbocycles. The quantitative estimate of drug-likeness (QED) is 0.814. The van der Waals surface area contributed by atoms with Crippen molar-refractivity contribution in [3.63, 3.8) is 0 Å². The minimum Gasteiger partial charge on any atom is -0.361 e. The van der Waals surface area contributed by atoms with Crippen LogP contribution in [0.5, 0.6) is 0 Å². The number of carbonyl (C=O) groups excluding carboxylic acids is 1. The van der Waals surface area contributed by atoms with Crippen LogP contribution in [0.3, 0.4) is 0 Å². The lowest BCUT2D eigenvalue weighted by Gasteiger charge is -2.26. The number of carbonyl (C=O) groups is 1. The highest BCUT2D eigenvalue weighted by Crippen LogP contribution is 2.21. The molecule has 1 aromatic rings. The maximum Gasteiger partial charge on any atom is 0.241 e. The number of rotatable bonds is 5. The van der Waals surface area contributed by atoms with Crippen LogP contribution in [0.25, 0.3) is 0 Å². The van der Waals surface area contributed by atoms with Crippen molar-refractivity contribution >= 4 is 11.6 Å². The maximum atomic E-state index is 11.9. The van der Waals surface area contributed by atoms with E-state index in [-0.39, 0.29) is 5.91 Å². The Morgan fingerprint density at radius 2 is 2.05 bits per heavy atom. The van der Waals surface area contributed by atoms with Crippen molar-refractivity contribution in [1.82, 2.24) is 4.90 Å². The van der Waals surface area contributed by atoms with E-state index in [1.807, 2.05) is 30.0 Å². The molecule has 0 radical (unpaired) electrons. The van der Waals surface area contributed by atoms with E-state index in [9.17, 15) is 10.1 Å². The van der Waals surface area contributed by atoms with E-state index < -0.39 is 0 Å². The number of hydrogen-bond acceptors (Lipinski definition) is 3. The molecule has 4 heteroatoms. The summed E-state index contributed by atoms with van der Waals surface area (Å²) < 4.78 is 0. The Hall–Kier alpha value is -2.02. The number of benzene rings is 1. The highest BCUT2D eigenvalue weighted by Gasteiger charge is 2.15. The van der Waals surface area contributed by atoms with Gasteiger partial charge in [-0.15, -0.1) is 0 Å². The third-order valence-electron chi connectivity index (χ3n) is 2.93. The zero-order chi connectivity index (χ0) is 14.4. The molecule has 1 rings (SSSR count). The van der Waals surface area contributed by atoms with Crippen molar-refractivity contribution in [1.29, 1.82) is 5.26 Å². The van der Waals surface area contributed by atoms with Crippen molar-refractivity contribution in [3.8, 4) is 6.07 Å². The van der Waals surface area contributed by atoms with Crippen LogP contribution in [-0.4, -0.2) is 38.0 Å². The van der Waals surface area contributed by atoms with Gasteiger partial charge >= 0.3 is 0 Å². The summed E-state index contributed by atoms with van der Waals surface area (Å²) in [6.07, 6.45) is 0.930. The lowest BCUT2D eigenvalue weighted by atomic mass is 10.1. The first-order valence-electron chi connectivity index (χ1n) is 6.45. The first-order chi connectivity index (χ1) is 8.99. The van der Waals surface area contributed by atoms with Crippen molar-refractivity contribution in [2.45, 2.75) is 20.3 Å². The Balaban J connectivity index is 3.05. The van der Waals surface area contributed by atoms with E-state index in [1.54, 1.807) is 19.0 Å². The summed E-state index contributed by atoms with van der Waals surface area (Å²) in [7, 11) is 3.49. The molecule has 0 atom stereocenters. The summed E-state index contributed by atoms with van der Waals surface area (Å²) in [5.74, 6) is 0.0397. The smallest absolute Gasteiger partial charge is 0.241 e. The van der Waals surface area contributed by atoms with E-state index in [0.29, 0.717) is 12.1 Å². The van der Waals surface area contributed by atoms with Gasteiger partial charge in [-0.05, 0) is 31.0 Å². The molecule has 19 heavy (non-hydrogen) atoms. The lowest BCUT2D eigenvalue weighted by Crippen LogP contribution is -2.37. The molecule has 0 aliphatic rings. The highest BCUT2D eigenvalue weighted by atomic mass is 16.2. The van der Waals surface area contributed by atoms with Crippen molar-refractivity contribution in [2.75, 3.05) is 32.1 Å². The largest absolute Gasteiger partial charge is 0.361 e. The lowest BCUT2D eigenvalue weighted by molar-refractivity contribution is -0.127. The molecule has 0 heterocycles. The van der Waals surface area contributed by atoms with Crippen molar-refractivity contribution in [3.05, 3.63) is 29.3 Å². The predicted molar refractivity (Wildman–Crippen MR) is 77.1 cm³/mol. The zero-order valence-corrected chi connectivity index (χ0v) is 12.1. The molecular weight excluding hydrogens is 238 g/mol. The van der Waals surface area contributed by atoms with Gasteiger partial charge in [0.15, 0.2) is 0 Å². The van der Waals surface area contributed by atoms with E-state index in [0.717, 1.165) is 24.2 Å². The molecule has 0 saturated heterocycles. The SMILES string of the molecule is CCCN(CC(=O)N(C)C)c1ccc(C)cc1C#N. The van der Waals surface area contributed by atoms with Crippen molar-refractivity contribution < 1.29 is 4.79 Å². The molecule has 4 nitrogen and oxygen atoms in total. The van der Waals surface area contributed by atoms with E-state index in [1.165, 1.54) is 0 Å². The Bertz CT molecular complexity index is 489. The molecule has 0 bridgehead atoms. The fourth-order valence-electron chi connectivity index (χ4n) is 1.87. The summed E-state index contributed by atoms with van der Waals surface area (Å²) in [5.41, 5.74) is 2.51. The number of aryl methyl sites for hydroxylation is 1. The predicted octanol–water partition coefficient (Wildman–Crippen LogP) is 2.17. The van der Waals surface area contributed by atoms with Crippen LogP contribution in [0, 0.1) is 18.3 Å². The highest BCUT2D eigenvalue weighted by molar-refractivity contribution is 5.81. The van der Waals surface area contributed by atoms with Gasteiger partial charge in [-0.3, -0.25) is 4.79 Å². The fraction of sp³-hybridized carbons (Fsp3) is 0.467. The number of likely N-dealkylation sites (N-methyl/N-ethyl adjacent to an activating group) is 1. The number of nitrogens with zero attached hydrogens (tertiary/aromatic N) is 3. The van der Waals surface area contributed by atoms with E-state index >= 15 is 0 Å². The first-order valence-corrected chi connectivity index (χ1v) is 6.45. The molecule has 0 unspecified atom stereocenters. The minimum absolute atomic E-state index is 0.0397. The van der Waals surface area contributed by atoms with E-state index in [2.05, 4.69) is 13.0 Å². The third-order valence-corrected chi connectivity index (χ3v) is 2.93. The Morgan fingerprint density at radius 1 is 1.37 bits per heavy atom. The van der Waals surface area contributed by atoms with Gasteiger partial charge < -0.3 is 9.80 Å². The summed E-state index contributed by atoms with van der Waals surface area (Å²) >= 11 is 0. The fourth-order valence-corrected chi connectivity index (χ4v) is 1.87. The number of amides is 1. The minimum atomic E-state index is 0.0397. The number of hydrogen-bond donors (Lipinski definition) is 0.